The molecule has 2 aromatic rings. The summed E-state index contributed by atoms with van der Waals surface area (Å²) >= 11 is 4.94. The fraction of sp³-hybridized carbons (Fsp3) is 0.312. The van der Waals surface area contributed by atoms with E-state index in [1.54, 1.807) is 0 Å². The first-order valence-corrected chi connectivity index (χ1v) is 8.65. The number of rotatable bonds is 5. The van der Waals surface area contributed by atoms with Crippen LogP contribution in [0.4, 0.5) is 0 Å². The molecule has 1 amide bonds. The molecule has 1 aliphatic carbocycles. The molecular weight excluding hydrogens is 348 g/mol. The monoisotopic (exact) mass is 364 g/mol. The van der Waals surface area contributed by atoms with Crippen LogP contribution in [0, 0.1) is 5.92 Å². The fourth-order valence-corrected chi connectivity index (χ4v) is 3.52. The van der Waals surface area contributed by atoms with Crippen molar-refractivity contribution in [2.45, 2.75) is 18.9 Å². The van der Waals surface area contributed by atoms with Gasteiger partial charge in [-0.2, -0.15) is 0 Å². The summed E-state index contributed by atoms with van der Waals surface area (Å²) < 4.78 is 1.05. The second-order valence-corrected chi connectivity index (χ2v) is 7.32. The molecule has 0 spiro atoms. The van der Waals surface area contributed by atoms with Gasteiger partial charge in [0.15, 0.2) is 0 Å². The van der Waals surface area contributed by atoms with Crippen LogP contribution >= 0.6 is 27.3 Å². The van der Waals surface area contributed by atoms with E-state index in [9.17, 15) is 4.79 Å². The SMILES string of the molecule is NCC(NC(=O)c1ccc(-c2ccc(Br)cc2)s1)C1CC1. The van der Waals surface area contributed by atoms with E-state index in [2.05, 4.69) is 21.2 Å². The average Bonchev–Trinajstić information content (AvgIpc) is 3.21. The highest BCUT2D eigenvalue weighted by Crippen LogP contribution is 2.33. The lowest BCUT2D eigenvalue weighted by Crippen LogP contribution is -2.41. The molecule has 0 aliphatic heterocycles. The van der Waals surface area contributed by atoms with Crippen molar-refractivity contribution in [3.05, 3.63) is 45.7 Å². The van der Waals surface area contributed by atoms with Gasteiger partial charge in [-0.1, -0.05) is 28.1 Å². The molecule has 1 fully saturated rings. The van der Waals surface area contributed by atoms with E-state index < -0.39 is 0 Å². The Bertz CT molecular complexity index is 634. The third-order valence-corrected chi connectivity index (χ3v) is 5.38. The number of amides is 1. The molecule has 1 aromatic heterocycles. The lowest BCUT2D eigenvalue weighted by atomic mass is 10.2. The van der Waals surface area contributed by atoms with Crippen LogP contribution < -0.4 is 11.1 Å². The summed E-state index contributed by atoms with van der Waals surface area (Å²) in [6, 6.07) is 12.1. The van der Waals surface area contributed by atoms with Crippen molar-refractivity contribution < 1.29 is 4.79 Å². The number of halogens is 1. The molecule has 1 saturated carbocycles. The van der Waals surface area contributed by atoms with E-state index in [4.69, 9.17) is 5.73 Å². The van der Waals surface area contributed by atoms with E-state index in [0.29, 0.717) is 12.5 Å². The lowest BCUT2D eigenvalue weighted by Gasteiger charge is -2.15. The van der Waals surface area contributed by atoms with Crippen molar-refractivity contribution in [2.75, 3.05) is 6.54 Å². The molecule has 21 heavy (non-hydrogen) atoms. The number of carbonyl (C=O) groups is 1. The zero-order valence-electron chi connectivity index (χ0n) is 11.5. The maximum atomic E-state index is 12.3. The third-order valence-electron chi connectivity index (χ3n) is 3.72. The predicted molar refractivity (Wildman–Crippen MR) is 90.5 cm³/mol. The zero-order valence-corrected chi connectivity index (χ0v) is 13.9. The number of benzene rings is 1. The van der Waals surface area contributed by atoms with Crippen LogP contribution in [-0.2, 0) is 0 Å². The molecule has 3 N–H and O–H groups in total. The van der Waals surface area contributed by atoms with Gasteiger partial charge in [0.05, 0.1) is 4.88 Å². The van der Waals surface area contributed by atoms with Crippen molar-refractivity contribution in [2.24, 2.45) is 11.7 Å². The lowest BCUT2D eigenvalue weighted by molar-refractivity contribution is 0.0937. The highest BCUT2D eigenvalue weighted by atomic mass is 79.9. The first-order chi connectivity index (χ1) is 10.2. The molecule has 1 heterocycles. The summed E-state index contributed by atoms with van der Waals surface area (Å²) in [5.41, 5.74) is 6.86. The van der Waals surface area contributed by atoms with Gasteiger partial charge in [0, 0.05) is 21.9 Å². The molecule has 3 nitrogen and oxygen atoms in total. The van der Waals surface area contributed by atoms with Gasteiger partial charge >= 0.3 is 0 Å². The van der Waals surface area contributed by atoms with Crippen LogP contribution in [-0.4, -0.2) is 18.5 Å². The van der Waals surface area contributed by atoms with Crippen molar-refractivity contribution in [3.63, 3.8) is 0 Å². The highest BCUT2D eigenvalue weighted by Gasteiger charge is 2.31. The largest absolute Gasteiger partial charge is 0.347 e. The van der Waals surface area contributed by atoms with Crippen LogP contribution in [0.3, 0.4) is 0 Å². The molecule has 1 aliphatic rings. The van der Waals surface area contributed by atoms with Crippen LogP contribution in [0.15, 0.2) is 40.9 Å². The molecule has 3 rings (SSSR count). The minimum absolute atomic E-state index is 0.00860. The Morgan fingerprint density at radius 2 is 2.00 bits per heavy atom. The van der Waals surface area contributed by atoms with Crippen molar-refractivity contribution in [1.82, 2.24) is 5.32 Å². The van der Waals surface area contributed by atoms with Crippen LogP contribution in [0.25, 0.3) is 10.4 Å². The zero-order chi connectivity index (χ0) is 14.8. The molecule has 110 valence electrons. The Hall–Kier alpha value is -1.17. The van der Waals surface area contributed by atoms with Gasteiger partial charge in [0.1, 0.15) is 0 Å². The molecule has 5 heteroatoms. The molecule has 1 atom stereocenters. The maximum absolute atomic E-state index is 12.3. The summed E-state index contributed by atoms with van der Waals surface area (Å²) in [7, 11) is 0. The van der Waals surface area contributed by atoms with Crippen molar-refractivity contribution in [1.29, 1.82) is 0 Å². The number of nitrogens with one attached hydrogen (secondary N) is 1. The summed E-state index contributed by atoms with van der Waals surface area (Å²) in [6.07, 6.45) is 2.35. The minimum atomic E-state index is -0.00860. The summed E-state index contributed by atoms with van der Waals surface area (Å²) in [6.45, 7) is 0.515. The molecular formula is C16H17BrN2OS. The maximum Gasteiger partial charge on any atom is 0.261 e. The van der Waals surface area contributed by atoms with Gasteiger partial charge in [0.25, 0.3) is 5.91 Å². The van der Waals surface area contributed by atoms with Gasteiger partial charge in [-0.25, -0.2) is 0 Å². The Morgan fingerprint density at radius 3 is 2.62 bits per heavy atom. The smallest absolute Gasteiger partial charge is 0.261 e. The molecule has 0 saturated heterocycles. The van der Waals surface area contributed by atoms with Crippen molar-refractivity contribution in [3.8, 4) is 10.4 Å². The quantitative estimate of drug-likeness (QED) is 0.850. The van der Waals surface area contributed by atoms with Gasteiger partial charge in [-0.15, -0.1) is 11.3 Å². The fourth-order valence-electron chi connectivity index (χ4n) is 2.34. The van der Waals surface area contributed by atoms with E-state index in [-0.39, 0.29) is 11.9 Å². The van der Waals surface area contributed by atoms with Crippen LogP contribution in [0.2, 0.25) is 0 Å². The van der Waals surface area contributed by atoms with Crippen molar-refractivity contribution >= 4 is 33.2 Å². The molecule has 0 bridgehead atoms. The van der Waals surface area contributed by atoms with Crippen LogP contribution in [0.5, 0.6) is 0 Å². The van der Waals surface area contributed by atoms with Crippen LogP contribution in [0.1, 0.15) is 22.5 Å². The third kappa shape index (κ3) is 3.54. The standard InChI is InChI=1S/C16H17BrN2OS/c17-12-5-3-11(4-6-12)14-7-8-15(21-14)16(20)19-13(9-18)10-1-2-10/h3-8,10,13H,1-2,9,18H2,(H,19,20). The second-order valence-electron chi connectivity index (χ2n) is 5.32. The van der Waals surface area contributed by atoms with E-state index in [1.165, 1.54) is 24.2 Å². The van der Waals surface area contributed by atoms with E-state index in [1.807, 2.05) is 36.4 Å². The average molecular weight is 365 g/mol. The first-order valence-electron chi connectivity index (χ1n) is 7.04. The number of nitrogens with two attached hydrogens (primary N) is 1. The van der Waals surface area contributed by atoms with Gasteiger partial charge in [-0.05, 0) is 48.6 Å². The number of carbonyl (C=O) groups excluding carboxylic acids is 1. The van der Waals surface area contributed by atoms with Gasteiger partial charge in [0.2, 0.25) is 0 Å². The molecule has 0 radical (unpaired) electrons. The Kier molecular flexibility index (Phi) is 4.42. The summed E-state index contributed by atoms with van der Waals surface area (Å²) in [5, 5.41) is 3.06. The molecule has 1 aromatic carbocycles. The minimum Gasteiger partial charge on any atom is -0.347 e. The van der Waals surface area contributed by atoms with Gasteiger partial charge < -0.3 is 11.1 Å². The summed E-state index contributed by atoms with van der Waals surface area (Å²) in [5.74, 6) is 0.565. The first kappa shape index (κ1) is 14.8. The predicted octanol–water partition coefficient (Wildman–Crippen LogP) is 3.64. The number of hydrogen-bond acceptors (Lipinski definition) is 3. The number of hydrogen-bond donors (Lipinski definition) is 2. The molecule has 1 unspecified atom stereocenters. The topological polar surface area (TPSA) is 55.1 Å². The summed E-state index contributed by atoms with van der Waals surface area (Å²) in [4.78, 5) is 14.1. The van der Waals surface area contributed by atoms with E-state index in [0.717, 1.165) is 19.8 Å². The second kappa shape index (κ2) is 6.30. The number of thiophene rings is 1. The van der Waals surface area contributed by atoms with E-state index >= 15 is 0 Å². The van der Waals surface area contributed by atoms with Gasteiger partial charge in [-0.3, -0.25) is 4.79 Å². The Morgan fingerprint density at radius 1 is 1.29 bits per heavy atom. The normalized spacial score (nSPS) is 15.7. The Balaban J connectivity index is 1.71. The highest BCUT2D eigenvalue weighted by molar-refractivity contribution is 9.10. The Labute approximate surface area is 136 Å².